The first-order valence-electron chi connectivity index (χ1n) is 7.35. The first-order valence-corrected chi connectivity index (χ1v) is 7.73. The molecule has 2 saturated heterocycles. The van der Waals surface area contributed by atoms with Crippen molar-refractivity contribution in [1.29, 1.82) is 0 Å². The normalized spacial score (nSPS) is 29.7. The van der Waals surface area contributed by atoms with Crippen molar-refractivity contribution in [3.63, 3.8) is 0 Å². The Labute approximate surface area is 138 Å². The number of hydrogen-bond acceptors (Lipinski definition) is 4. The molecule has 0 spiro atoms. The van der Waals surface area contributed by atoms with Gasteiger partial charge in [-0.15, -0.1) is 0 Å². The molecular formula is C16H18ClNO5. The number of carbonyl (C=O) groups excluding carboxylic acids is 1. The van der Waals surface area contributed by atoms with Crippen LogP contribution in [0.25, 0.3) is 0 Å². The number of carboxylic acids is 1. The Balaban J connectivity index is 1.62. The van der Waals surface area contributed by atoms with Crippen LogP contribution in [-0.4, -0.2) is 42.8 Å². The molecule has 1 saturated carbocycles. The van der Waals surface area contributed by atoms with E-state index in [0.29, 0.717) is 5.02 Å². The smallest absolute Gasteiger partial charge is 0.312 e. The van der Waals surface area contributed by atoms with E-state index in [1.807, 2.05) is 18.2 Å². The number of fused-ring (bicyclic) bond motifs is 1. The van der Waals surface area contributed by atoms with Gasteiger partial charge in [0.05, 0.1) is 12.0 Å². The number of aliphatic carboxylic acids is 1. The van der Waals surface area contributed by atoms with Crippen LogP contribution in [0.1, 0.15) is 24.5 Å². The molecule has 3 aliphatic rings. The molecule has 1 unspecified atom stereocenters. The molecule has 6 nitrogen and oxygen atoms in total. The summed E-state index contributed by atoms with van der Waals surface area (Å²) in [6.07, 6.45) is 0.0743. The van der Waals surface area contributed by atoms with Gasteiger partial charge in [0.25, 0.3) is 5.91 Å². The lowest BCUT2D eigenvalue weighted by Crippen LogP contribution is -2.57. The fourth-order valence-electron chi connectivity index (χ4n) is 3.36. The highest BCUT2D eigenvalue weighted by molar-refractivity contribution is 6.31. The average Bonchev–Trinajstić information content (AvgIpc) is 3.07. The van der Waals surface area contributed by atoms with Gasteiger partial charge in [-0.05, 0) is 6.07 Å². The van der Waals surface area contributed by atoms with Crippen molar-refractivity contribution in [2.75, 3.05) is 20.3 Å². The summed E-state index contributed by atoms with van der Waals surface area (Å²) in [5.41, 5.74) is -1.10. The van der Waals surface area contributed by atoms with E-state index in [0.717, 1.165) is 5.56 Å². The van der Waals surface area contributed by atoms with Gasteiger partial charge in [-0.2, -0.15) is 0 Å². The van der Waals surface area contributed by atoms with Gasteiger partial charge in [0.1, 0.15) is 11.7 Å². The number of methoxy groups -OCH3 is 1. The monoisotopic (exact) mass is 339 g/mol. The van der Waals surface area contributed by atoms with Crippen molar-refractivity contribution in [3.8, 4) is 0 Å². The van der Waals surface area contributed by atoms with Gasteiger partial charge in [0.15, 0.2) is 0 Å². The molecular weight excluding hydrogens is 322 g/mol. The Morgan fingerprint density at radius 2 is 2.13 bits per heavy atom. The fraction of sp³-hybridized carbons (Fsp3) is 0.500. The van der Waals surface area contributed by atoms with Crippen LogP contribution in [0.5, 0.6) is 0 Å². The molecule has 124 valence electrons. The quantitative estimate of drug-likeness (QED) is 0.825. The molecule has 7 heteroatoms. The highest BCUT2D eigenvalue weighted by Gasteiger charge is 2.70. The van der Waals surface area contributed by atoms with Crippen LogP contribution in [0, 0.1) is 5.41 Å². The minimum atomic E-state index is -1.00. The van der Waals surface area contributed by atoms with Gasteiger partial charge in [-0.1, -0.05) is 29.8 Å². The second-order valence-electron chi connectivity index (χ2n) is 6.18. The van der Waals surface area contributed by atoms with Gasteiger partial charge in [0.2, 0.25) is 0 Å². The molecule has 1 atom stereocenters. The molecule has 1 aromatic rings. The van der Waals surface area contributed by atoms with E-state index >= 15 is 0 Å². The molecule has 1 aliphatic carbocycles. The van der Waals surface area contributed by atoms with Crippen LogP contribution in [0.15, 0.2) is 24.3 Å². The molecule has 2 N–H and O–H groups in total. The first kappa shape index (κ1) is 16.2. The van der Waals surface area contributed by atoms with Gasteiger partial charge in [0, 0.05) is 37.1 Å². The minimum Gasteiger partial charge on any atom is -0.481 e. The zero-order valence-electron chi connectivity index (χ0n) is 12.7. The van der Waals surface area contributed by atoms with E-state index in [2.05, 4.69) is 5.32 Å². The van der Waals surface area contributed by atoms with Crippen molar-refractivity contribution in [1.82, 2.24) is 5.32 Å². The summed E-state index contributed by atoms with van der Waals surface area (Å²) < 4.78 is 10.9. The van der Waals surface area contributed by atoms with E-state index in [1.165, 1.54) is 0 Å². The molecule has 4 rings (SSSR count). The van der Waals surface area contributed by atoms with Crippen molar-refractivity contribution in [3.05, 3.63) is 34.9 Å². The number of amides is 1. The summed E-state index contributed by atoms with van der Waals surface area (Å²) in [5.74, 6) is -1.19. The Morgan fingerprint density at radius 3 is 2.70 bits per heavy atom. The van der Waals surface area contributed by atoms with E-state index in [4.69, 9.17) is 21.1 Å². The Kier molecular flexibility index (Phi) is 4.08. The number of hydrogen-bond donors (Lipinski definition) is 2. The maximum atomic E-state index is 12.4. The lowest BCUT2D eigenvalue weighted by atomic mass is 9.62. The summed E-state index contributed by atoms with van der Waals surface area (Å²) in [4.78, 5) is 23.6. The van der Waals surface area contributed by atoms with Crippen LogP contribution >= 0.6 is 11.6 Å². The molecule has 2 heterocycles. The zero-order valence-corrected chi connectivity index (χ0v) is 13.4. The number of ether oxygens (including phenoxy) is 2. The highest BCUT2D eigenvalue weighted by atomic mass is 35.5. The van der Waals surface area contributed by atoms with Gasteiger partial charge < -0.3 is 19.9 Å². The van der Waals surface area contributed by atoms with Crippen LogP contribution in [0.3, 0.4) is 0 Å². The highest BCUT2D eigenvalue weighted by Crippen LogP contribution is 2.58. The third kappa shape index (κ3) is 2.60. The van der Waals surface area contributed by atoms with E-state index in [1.54, 1.807) is 13.2 Å². The van der Waals surface area contributed by atoms with Crippen molar-refractivity contribution in [2.45, 2.75) is 24.5 Å². The van der Waals surface area contributed by atoms with Gasteiger partial charge in [-0.25, -0.2) is 0 Å². The Bertz CT molecular complexity index is 641. The number of halogens is 1. The molecule has 2 bridgehead atoms. The molecule has 3 fully saturated rings. The minimum absolute atomic E-state index is 0.0912. The van der Waals surface area contributed by atoms with Crippen molar-refractivity contribution < 1.29 is 24.2 Å². The van der Waals surface area contributed by atoms with E-state index < -0.39 is 17.0 Å². The zero-order chi connectivity index (χ0) is 16.7. The Morgan fingerprint density at radius 1 is 1.43 bits per heavy atom. The van der Waals surface area contributed by atoms with Gasteiger partial charge in [-0.3, -0.25) is 9.59 Å². The van der Waals surface area contributed by atoms with Crippen LogP contribution in [0.4, 0.5) is 0 Å². The second kappa shape index (κ2) is 5.78. The van der Waals surface area contributed by atoms with Crippen LogP contribution < -0.4 is 5.32 Å². The predicted molar refractivity (Wildman–Crippen MR) is 82.2 cm³/mol. The maximum Gasteiger partial charge on any atom is 0.312 e. The molecule has 1 aromatic carbocycles. The summed E-state index contributed by atoms with van der Waals surface area (Å²) >= 11 is 6.15. The molecule has 0 aromatic heterocycles. The Hall–Kier alpha value is -1.63. The third-order valence-electron chi connectivity index (χ3n) is 4.72. The predicted octanol–water partition coefficient (Wildman–Crippen LogP) is 1.78. The molecule has 1 amide bonds. The summed E-state index contributed by atoms with van der Waals surface area (Å²) in [6.45, 7) is 0.332. The number of carbonyl (C=O) groups is 2. The first-order chi connectivity index (χ1) is 10.9. The maximum absolute atomic E-state index is 12.4. The summed E-state index contributed by atoms with van der Waals surface area (Å²) in [5, 5.41) is 12.6. The van der Waals surface area contributed by atoms with Gasteiger partial charge >= 0.3 is 5.97 Å². The number of rotatable bonds is 6. The van der Waals surface area contributed by atoms with Crippen LogP contribution in [0.2, 0.25) is 5.02 Å². The number of benzene rings is 1. The van der Waals surface area contributed by atoms with E-state index in [9.17, 15) is 14.7 Å². The average molecular weight is 340 g/mol. The summed E-state index contributed by atoms with van der Waals surface area (Å²) in [6, 6.07) is 7.27. The topological polar surface area (TPSA) is 84.9 Å². The lowest BCUT2D eigenvalue weighted by Gasteiger charge is -2.40. The third-order valence-corrected chi connectivity index (χ3v) is 5.07. The van der Waals surface area contributed by atoms with Crippen molar-refractivity contribution >= 4 is 23.5 Å². The number of nitrogens with one attached hydrogen (secondary N) is 1. The molecule has 23 heavy (non-hydrogen) atoms. The second-order valence-corrected chi connectivity index (χ2v) is 6.59. The van der Waals surface area contributed by atoms with Crippen molar-refractivity contribution in [2.24, 2.45) is 5.41 Å². The fourth-order valence-corrected chi connectivity index (χ4v) is 3.62. The van der Waals surface area contributed by atoms with Crippen LogP contribution in [-0.2, 0) is 19.1 Å². The lowest BCUT2D eigenvalue weighted by molar-refractivity contribution is -0.158. The summed E-state index contributed by atoms with van der Waals surface area (Å²) in [7, 11) is 1.54. The standard InChI is InChI=1S/C16H18ClNO5/c1-22-12(10-4-2-3-5-11(10)17)6-18-13(19)16-7-15(8-16,9-23-16)14(20)21/h2-5,12H,6-9H2,1H3,(H,18,19)(H,20,21). The largest absolute Gasteiger partial charge is 0.481 e. The SMILES string of the molecule is COC(CNC(=O)C12CC(C(=O)O)(CO1)C2)c1ccccc1Cl. The number of carboxylic acid groups (broad SMARTS) is 1. The van der Waals surface area contributed by atoms with E-state index in [-0.39, 0.29) is 38.0 Å². The molecule has 0 radical (unpaired) electrons. The molecule has 2 aliphatic heterocycles.